The molecule has 1 aromatic carbocycles. The van der Waals surface area contributed by atoms with Crippen LogP contribution in [0.15, 0.2) is 58.1 Å². The van der Waals surface area contributed by atoms with Crippen LogP contribution < -0.4 is 10.6 Å². The number of para-hydroxylation sites is 1. The number of H-pyrrole nitrogens is 1. The van der Waals surface area contributed by atoms with Crippen LogP contribution in [0.1, 0.15) is 11.5 Å². The molecule has 0 spiro atoms. The van der Waals surface area contributed by atoms with Crippen LogP contribution in [0.5, 0.6) is 0 Å². The Kier molecular flexibility index (Phi) is 4.99. The molecule has 5 heteroatoms. The fraction of sp³-hybridized carbons (Fsp3) is 0.278. The molecule has 0 radical (unpaired) electrons. The quantitative estimate of drug-likeness (QED) is 0.484. The summed E-state index contributed by atoms with van der Waals surface area (Å²) in [5.74, 6) is 1.79. The normalized spacial score (nSPS) is 11.8. The second-order valence-corrected chi connectivity index (χ2v) is 5.39. The molecule has 2 aromatic heterocycles. The third-order valence-corrected chi connectivity index (χ3v) is 3.74. The lowest BCUT2D eigenvalue weighted by atomic mass is 10.2. The van der Waals surface area contributed by atoms with E-state index in [1.54, 1.807) is 13.3 Å². The zero-order valence-corrected chi connectivity index (χ0v) is 13.3. The predicted molar refractivity (Wildman–Crippen MR) is 93.8 cm³/mol. The number of hydrogen-bond donors (Lipinski definition) is 3. The second kappa shape index (κ2) is 7.54. The molecule has 0 saturated heterocycles. The Balaban J connectivity index is 1.42. The fourth-order valence-electron chi connectivity index (χ4n) is 2.56. The largest absolute Gasteiger partial charge is 0.469 e. The molecule has 120 valence electrons. The van der Waals surface area contributed by atoms with Crippen molar-refractivity contribution in [3.63, 3.8) is 0 Å². The predicted octanol–water partition coefficient (Wildman–Crippen LogP) is 2.71. The Bertz CT molecular complexity index is 725. The molecule has 0 fully saturated rings. The highest BCUT2D eigenvalue weighted by Gasteiger charge is 2.02. The van der Waals surface area contributed by atoms with Gasteiger partial charge in [0, 0.05) is 44.2 Å². The molecule has 2 heterocycles. The summed E-state index contributed by atoms with van der Waals surface area (Å²) in [5.41, 5.74) is 2.41. The topological polar surface area (TPSA) is 65.3 Å². The van der Waals surface area contributed by atoms with Crippen molar-refractivity contribution < 1.29 is 4.42 Å². The summed E-state index contributed by atoms with van der Waals surface area (Å²) < 4.78 is 5.31. The highest BCUT2D eigenvalue weighted by atomic mass is 16.3. The first kappa shape index (κ1) is 15.2. The molecule has 0 aliphatic carbocycles. The van der Waals surface area contributed by atoms with Gasteiger partial charge in [-0.15, -0.1) is 0 Å². The minimum Gasteiger partial charge on any atom is -0.469 e. The third-order valence-electron chi connectivity index (χ3n) is 3.74. The summed E-state index contributed by atoms with van der Waals surface area (Å²) in [4.78, 5) is 7.67. The van der Waals surface area contributed by atoms with Crippen molar-refractivity contribution in [1.82, 2.24) is 15.6 Å². The fourth-order valence-corrected chi connectivity index (χ4v) is 2.56. The number of guanidine groups is 1. The van der Waals surface area contributed by atoms with E-state index in [1.165, 1.54) is 16.6 Å². The van der Waals surface area contributed by atoms with Crippen LogP contribution in [0.25, 0.3) is 10.9 Å². The molecular weight excluding hydrogens is 288 g/mol. The zero-order valence-electron chi connectivity index (χ0n) is 13.3. The zero-order chi connectivity index (χ0) is 15.9. The van der Waals surface area contributed by atoms with Gasteiger partial charge >= 0.3 is 0 Å². The van der Waals surface area contributed by atoms with Crippen LogP contribution in [-0.4, -0.2) is 31.1 Å². The van der Waals surface area contributed by atoms with Gasteiger partial charge in [0.25, 0.3) is 0 Å². The number of aromatic nitrogens is 1. The smallest absolute Gasteiger partial charge is 0.191 e. The van der Waals surface area contributed by atoms with Crippen molar-refractivity contribution in [3.05, 3.63) is 60.2 Å². The van der Waals surface area contributed by atoms with Crippen LogP contribution in [0.3, 0.4) is 0 Å². The maximum Gasteiger partial charge on any atom is 0.191 e. The first-order chi connectivity index (χ1) is 11.3. The van der Waals surface area contributed by atoms with E-state index in [4.69, 9.17) is 4.42 Å². The summed E-state index contributed by atoms with van der Waals surface area (Å²) in [5, 5.41) is 7.87. The van der Waals surface area contributed by atoms with Gasteiger partial charge in [-0.3, -0.25) is 4.99 Å². The number of furan rings is 1. The van der Waals surface area contributed by atoms with Crippen molar-refractivity contribution in [3.8, 4) is 0 Å². The van der Waals surface area contributed by atoms with Gasteiger partial charge in [0.1, 0.15) is 5.76 Å². The Labute approximate surface area is 135 Å². The number of aromatic amines is 1. The van der Waals surface area contributed by atoms with E-state index in [9.17, 15) is 0 Å². The van der Waals surface area contributed by atoms with Crippen LogP contribution >= 0.6 is 0 Å². The van der Waals surface area contributed by atoms with E-state index in [0.717, 1.165) is 37.7 Å². The first-order valence-corrected chi connectivity index (χ1v) is 7.88. The first-order valence-electron chi connectivity index (χ1n) is 7.88. The number of benzene rings is 1. The van der Waals surface area contributed by atoms with Crippen molar-refractivity contribution in [2.45, 2.75) is 12.8 Å². The summed E-state index contributed by atoms with van der Waals surface area (Å²) in [7, 11) is 1.78. The summed E-state index contributed by atoms with van der Waals surface area (Å²) in [6.45, 7) is 1.62. The molecule has 0 unspecified atom stereocenters. The molecule has 5 nitrogen and oxygen atoms in total. The van der Waals surface area contributed by atoms with E-state index in [2.05, 4.69) is 44.9 Å². The molecule has 3 rings (SSSR count). The molecule has 0 atom stereocenters. The minimum atomic E-state index is 0.791. The lowest BCUT2D eigenvalue weighted by Crippen LogP contribution is -2.39. The van der Waals surface area contributed by atoms with Gasteiger partial charge in [-0.05, 0) is 29.7 Å². The number of nitrogens with one attached hydrogen (secondary N) is 3. The number of fused-ring (bicyclic) bond motifs is 1. The maximum absolute atomic E-state index is 5.31. The van der Waals surface area contributed by atoms with E-state index >= 15 is 0 Å². The van der Waals surface area contributed by atoms with Crippen molar-refractivity contribution in [1.29, 1.82) is 0 Å². The van der Waals surface area contributed by atoms with Crippen molar-refractivity contribution >= 4 is 16.9 Å². The second-order valence-electron chi connectivity index (χ2n) is 5.39. The standard InChI is InChI=1S/C18H22N4O/c1-19-18(21-11-9-16-6-4-12-23-16)20-10-8-15-13-14-5-2-3-7-17(14)22-15/h2-7,12-13,22H,8-11H2,1H3,(H2,19,20,21). The Morgan fingerprint density at radius 3 is 2.65 bits per heavy atom. The molecule has 3 aromatic rings. The third kappa shape index (κ3) is 4.16. The lowest BCUT2D eigenvalue weighted by Gasteiger charge is -2.10. The van der Waals surface area contributed by atoms with E-state index in [0.29, 0.717) is 0 Å². The Morgan fingerprint density at radius 1 is 1.09 bits per heavy atom. The van der Waals surface area contributed by atoms with Crippen LogP contribution in [0, 0.1) is 0 Å². The average Bonchev–Trinajstić information content (AvgIpc) is 3.22. The summed E-state index contributed by atoms with van der Waals surface area (Å²) in [6, 6.07) is 14.4. The summed E-state index contributed by atoms with van der Waals surface area (Å²) in [6.07, 6.45) is 3.46. The number of rotatable bonds is 6. The number of nitrogens with zero attached hydrogens (tertiary/aromatic N) is 1. The SMILES string of the molecule is CN=C(NCCc1cc2ccccc2[nH]1)NCCc1ccco1. The molecule has 0 bridgehead atoms. The van der Waals surface area contributed by atoms with Crippen molar-refractivity contribution in [2.75, 3.05) is 20.1 Å². The van der Waals surface area contributed by atoms with Gasteiger partial charge in [0.05, 0.1) is 6.26 Å². The van der Waals surface area contributed by atoms with E-state index < -0.39 is 0 Å². The summed E-state index contributed by atoms with van der Waals surface area (Å²) >= 11 is 0. The van der Waals surface area contributed by atoms with Crippen molar-refractivity contribution in [2.24, 2.45) is 4.99 Å². The molecule has 0 aliphatic rings. The monoisotopic (exact) mass is 310 g/mol. The maximum atomic E-state index is 5.31. The number of aliphatic imine (C=N–C) groups is 1. The molecular formula is C18H22N4O. The minimum absolute atomic E-state index is 0.791. The van der Waals surface area contributed by atoms with Crippen LogP contribution in [0.2, 0.25) is 0 Å². The molecule has 0 saturated carbocycles. The van der Waals surface area contributed by atoms with E-state index in [1.807, 2.05) is 18.2 Å². The highest BCUT2D eigenvalue weighted by Crippen LogP contribution is 2.14. The van der Waals surface area contributed by atoms with Gasteiger partial charge < -0.3 is 20.0 Å². The van der Waals surface area contributed by atoms with Gasteiger partial charge in [-0.1, -0.05) is 18.2 Å². The number of hydrogen-bond acceptors (Lipinski definition) is 2. The molecule has 3 N–H and O–H groups in total. The van der Waals surface area contributed by atoms with Gasteiger partial charge in [-0.2, -0.15) is 0 Å². The van der Waals surface area contributed by atoms with E-state index in [-0.39, 0.29) is 0 Å². The Morgan fingerprint density at radius 2 is 1.91 bits per heavy atom. The van der Waals surface area contributed by atoms with Gasteiger partial charge in [0.2, 0.25) is 0 Å². The average molecular weight is 310 g/mol. The lowest BCUT2D eigenvalue weighted by molar-refractivity contribution is 0.507. The van der Waals surface area contributed by atoms with Gasteiger partial charge in [-0.25, -0.2) is 0 Å². The molecule has 0 aliphatic heterocycles. The van der Waals surface area contributed by atoms with Crippen LogP contribution in [-0.2, 0) is 12.8 Å². The Hall–Kier alpha value is -2.69. The molecule has 23 heavy (non-hydrogen) atoms. The van der Waals surface area contributed by atoms with Gasteiger partial charge in [0.15, 0.2) is 5.96 Å². The highest BCUT2D eigenvalue weighted by molar-refractivity contribution is 5.80. The van der Waals surface area contributed by atoms with Crippen LogP contribution in [0.4, 0.5) is 0 Å². The molecule has 0 amide bonds.